The number of aromatic hydroxyl groups is 3. The van der Waals surface area contributed by atoms with Crippen LogP contribution in [0.2, 0.25) is 0 Å². The summed E-state index contributed by atoms with van der Waals surface area (Å²) in [6.45, 7) is 4.72. The third-order valence-corrected chi connectivity index (χ3v) is 5.81. The number of phenols is 2. The lowest BCUT2D eigenvalue weighted by Crippen LogP contribution is -2.59. The third-order valence-electron chi connectivity index (χ3n) is 5.81. The molecule has 1 aliphatic heterocycles. The molecule has 0 radical (unpaired) electrons. The highest BCUT2D eigenvalue weighted by Gasteiger charge is 2.46. The van der Waals surface area contributed by atoms with Gasteiger partial charge in [-0.3, -0.25) is 9.59 Å². The lowest BCUT2D eigenvalue weighted by Gasteiger charge is -2.40. The van der Waals surface area contributed by atoms with Crippen LogP contribution in [0.4, 0.5) is 0 Å². The molecule has 0 saturated carbocycles. The normalized spacial score (nSPS) is 24.1. The molecule has 36 heavy (non-hydrogen) atoms. The van der Waals surface area contributed by atoms with E-state index in [1.807, 2.05) is 0 Å². The van der Waals surface area contributed by atoms with Gasteiger partial charge in [-0.15, -0.1) is 0 Å². The number of carbonyl (C=O) groups excluding carboxylic acids is 1. The number of carbonyl (C=O) groups is 1. The van der Waals surface area contributed by atoms with Crippen molar-refractivity contribution in [1.82, 2.24) is 0 Å². The van der Waals surface area contributed by atoms with E-state index in [-0.39, 0.29) is 28.2 Å². The van der Waals surface area contributed by atoms with Gasteiger partial charge in [-0.25, -0.2) is 0 Å². The van der Waals surface area contributed by atoms with Gasteiger partial charge in [0.15, 0.2) is 18.0 Å². The monoisotopic (exact) mass is 502 g/mol. The predicted molar refractivity (Wildman–Crippen MR) is 125 cm³/mol. The highest BCUT2D eigenvalue weighted by Crippen LogP contribution is 2.37. The maximum atomic E-state index is 12.7. The maximum absolute atomic E-state index is 12.7. The van der Waals surface area contributed by atoms with Gasteiger partial charge in [-0.05, 0) is 31.2 Å². The van der Waals surface area contributed by atoms with Crippen LogP contribution in [-0.2, 0) is 14.3 Å². The van der Waals surface area contributed by atoms with Gasteiger partial charge >= 0.3 is 5.97 Å². The molecule has 11 nitrogen and oxygen atoms in total. The molecule has 2 heterocycles. The Morgan fingerprint density at radius 2 is 1.69 bits per heavy atom. The van der Waals surface area contributed by atoms with Crippen molar-refractivity contribution in [1.29, 1.82) is 0 Å². The molecule has 5 N–H and O–H groups in total. The Bertz CT molecular complexity index is 1330. The Morgan fingerprint density at radius 1 is 1.03 bits per heavy atom. The number of benzene rings is 2. The minimum absolute atomic E-state index is 0.0301. The minimum Gasteiger partial charge on any atom is -0.508 e. The maximum Gasteiger partial charge on any atom is 0.308 e. The van der Waals surface area contributed by atoms with Gasteiger partial charge < -0.3 is 44.2 Å². The first-order chi connectivity index (χ1) is 17.0. The van der Waals surface area contributed by atoms with E-state index in [4.69, 9.17) is 18.6 Å². The standard InChI is InChI=1S/C25H26O11/c1-10(2)24(32)36-23-18(28)11(3)33-25(21(23)31)34-14-8-15(27)17-16(9-14)35-22(20(30)19(17)29)12-4-6-13(26)7-5-12/h4-11,18,21,23,25-28,30-31H,1-3H3. The molecule has 3 aromatic rings. The molecule has 11 heteroatoms. The minimum atomic E-state index is -1.59. The molecule has 0 amide bonds. The molecule has 192 valence electrons. The highest BCUT2D eigenvalue weighted by atomic mass is 16.7. The van der Waals surface area contributed by atoms with E-state index in [0.29, 0.717) is 5.56 Å². The number of aliphatic hydroxyl groups excluding tert-OH is 2. The number of fused-ring (bicyclic) bond motifs is 1. The van der Waals surface area contributed by atoms with Gasteiger partial charge in [0.05, 0.1) is 12.0 Å². The van der Waals surface area contributed by atoms with E-state index in [2.05, 4.69) is 0 Å². The second kappa shape index (κ2) is 9.69. The van der Waals surface area contributed by atoms with Crippen LogP contribution in [0.5, 0.6) is 23.0 Å². The molecule has 0 aliphatic carbocycles. The van der Waals surface area contributed by atoms with E-state index < -0.39 is 59.5 Å². The second-order valence-electron chi connectivity index (χ2n) is 8.84. The molecule has 4 rings (SSSR count). The first-order valence-electron chi connectivity index (χ1n) is 11.2. The average Bonchev–Trinajstić information content (AvgIpc) is 2.82. The molecule has 2 aromatic carbocycles. The molecule has 1 saturated heterocycles. The molecule has 5 unspecified atom stereocenters. The fourth-order valence-electron chi connectivity index (χ4n) is 3.78. The molecule has 0 bridgehead atoms. The van der Waals surface area contributed by atoms with Gasteiger partial charge in [0, 0.05) is 17.7 Å². The molecular weight excluding hydrogens is 476 g/mol. The Kier molecular flexibility index (Phi) is 6.81. The summed E-state index contributed by atoms with van der Waals surface area (Å²) in [6, 6.07) is 7.86. The van der Waals surface area contributed by atoms with E-state index in [9.17, 15) is 35.1 Å². The van der Waals surface area contributed by atoms with Crippen LogP contribution < -0.4 is 10.2 Å². The average molecular weight is 502 g/mol. The van der Waals surface area contributed by atoms with Gasteiger partial charge in [-0.2, -0.15) is 0 Å². The Hall–Kier alpha value is -3.80. The van der Waals surface area contributed by atoms with Crippen LogP contribution in [0.25, 0.3) is 22.3 Å². The van der Waals surface area contributed by atoms with Crippen molar-refractivity contribution in [2.75, 3.05) is 0 Å². The fourth-order valence-corrected chi connectivity index (χ4v) is 3.78. The van der Waals surface area contributed by atoms with E-state index in [1.165, 1.54) is 37.3 Å². The predicted octanol–water partition coefficient (Wildman–Crippen LogP) is 1.99. The number of rotatable bonds is 5. The van der Waals surface area contributed by atoms with Crippen LogP contribution in [-0.4, -0.2) is 62.2 Å². The third kappa shape index (κ3) is 4.68. The summed E-state index contributed by atoms with van der Waals surface area (Å²) in [4.78, 5) is 24.8. The van der Waals surface area contributed by atoms with Crippen molar-refractivity contribution in [3.63, 3.8) is 0 Å². The summed E-state index contributed by atoms with van der Waals surface area (Å²) in [7, 11) is 0. The number of esters is 1. The molecule has 5 atom stereocenters. The van der Waals surface area contributed by atoms with Gasteiger partial charge in [0.2, 0.25) is 17.5 Å². The van der Waals surface area contributed by atoms with E-state index >= 15 is 0 Å². The molecule has 1 fully saturated rings. The second-order valence-corrected chi connectivity index (χ2v) is 8.84. The lowest BCUT2D eigenvalue weighted by atomic mass is 9.99. The first-order valence-corrected chi connectivity index (χ1v) is 11.2. The lowest BCUT2D eigenvalue weighted by molar-refractivity contribution is -0.273. The van der Waals surface area contributed by atoms with Crippen molar-refractivity contribution in [2.45, 2.75) is 51.5 Å². The Labute approximate surface area is 204 Å². The molecule has 1 aromatic heterocycles. The summed E-state index contributed by atoms with van der Waals surface area (Å²) in [5.41, 5.74) is -0.745. The fraction of sp³-hybridized carbons (Fsp3) is 0.360. The zero-order valence-electron chi connectivity index (χ0n) is 19.6. The number of hydrogen-bond donors (Lipinski definition) is 5. The van der Waals surface area contributed by atoms with Gasteiger partial charge in [0.1, 0.15) is 34.3 Å². The smallest absolute Gasteiger partial charge is 0.308 e. The summed E-state index contributed by atoms with van der Waals surface area (Å²) in [6.07, 6.45) is -6.53. The van der Waals surface area contributed by atoms with Crippen molar-refractivity contribution in [2.24, 2.45) is 5.92 Å². The van der Waals surface area contributed by atoms with E-state index in [1.54, 1.807) is 13.8 Å². The summed E-state index contributed by atoms with van der Waals surface area (Å²) in [5, 5.41) is 51.1. The summed E-state index contributed by atoms with van der Waals surface area (Å²) < 4.78 is 22.2. The topological polar surface area (TPSA) is 176 Å². The van der Waals surface area contributed by atoms with Crippen molar-refractivity contribution < 1.29 is 49.0 Å². The molecular formula is C25H26O11. The SMILES string of the molecule is CC(C)C(=O)OC1C(O)C(C)OC(Oc2cc(O)c3c(=O)c(O)c(-c4ccc(O)cc4)oc3c2)C1O. The quantitative estimate of drug-likeness (QED) is 0.323. The van der Waals surface area contributed by atoms with Crippen LogP contribution in [0, 0.1) is 5.92 Å². The Balaban J connectivity index is 1.69. The summed E-state index contributed by atoms with van der Waals surface area (Å²) in [5.74, 6) is -2.73. The number of hydrogen-bond acceptors (Lipinski definition) is 11. The van der Waals surface area contributed by atoms with Crippen LogP contribution in [0.1, 0.15) is 20.8 Å². The largest absolute Gasteiger partial charge is 0.508 e. The molecule has 1 aliphatic rings. The molecule has 0 spiro atoms. The number of ether oxygens (including phenoxy) is 3. The van der Waals surface area contributed by atoms with Crippen LogP contribution in [0.15, 0.2) is 45.6 Å². The zero-order valence-corrected chi connectivity index (χ0v) is 19.6. The number of phenolic OH excluding ortho intramolecular Hbond substituents is 2. The van der Waals surface area contributed by atoms with Crippen LogP contribution in [0.3, 0.4) is 0 Å². The van der Waals surface area contributed by atoms with Crippen molar-refractivity contribution in [3.8, 4) is 34.3 Å². The summed E-state index contributed by atoms with van der Waals surface area (Å²) >= 11 is 0. The van der Waals surface area contributed by atoms with Gasteiger partial charge in [0.25, 0.3) is 0 Å². The van der Waals surface area contributed by atoms with Crippen molar-refractivity contribution >= 4 is 16.9 Å². The van der Waals surface area contributed by atoms with Gasteiger partial charge in [-0.1, -0.05) is 13.8 Å². The van der Waals surface area contributed by atoms with E-state index in [0.717, 1.165) is 6.07 Å². The first kappa shape index (κ1) is 25.3. The zero-order chi connectivity index (χ0) is 26.3. The van der Waals surface area contributed by atoms with Crippen LogP contribution >= 0.6 is 0 Å². The van der Waals surface area contributed by atoms with Crippen molar-refractivity contribution in [3.05, 3.63) is 46.6 Å². The Morgan fingerprint density at radius 3 is 2.33 bits per heavy atom. The highest BCUT2D eigenvalue weighted by molar-refractivity contribution is 5.88. The number of aliphatic hydroxyl groups is 2.